The molecule has 1 aliphatic rings. The SMILES string of the molecule is CCC(C)(NC(=O)C(NC(=O)OCC1c2ccccc2-c2ccccc21)c1cccs1)C(=O)O. The van der Waals surface area contributed by atoms with Gasteiger partial charge < -0.3 is 20.5 Å². The normalized spacial score (nSPS) is 14.9. The van der Waals surface area contributed by atoms with E-state index in [1.54, 1.807) is 24.4 Å². The molecule has 0 spiro atoms. The summed E-state index contributed by atoms with van der Waals surface area (Å²) >= 11 is 1.29. The largest absolute Gasteiger partial charge is 0.480 e. The Morgan fingerprint density at radius 2 is 1.65 bits per heavy atom. The molecule has 7 nitrogen and oxygen atoms in total. The van der Waals surface area contributed by atoms with Crippen LogP contribution in [0.1, 0.15) is 48.2 Å². The van der Waals surface area contributed by atoms with Gasteiger partial charge in [-0.2, -0.15) is 0 Å². The topological polar surface area (TPSA) is 105 Å². The van der Waals surface area contributed by atoms with Crippen LogP contribution in [-0.4, -0.2) is 35.2 Å². The maximum Gasteiger partial charge on any atom is 0.408 e. The number of benzene rings is 2. The third-order valence-electron chi connectivity index (χ3n) is 6.27. The second kappa shape index (κ2) is 9.69. The number of hydrogen-bond acceptors (Lipinski definition) is 5. The maximum absolute atomic E-state index is 13.0. The Hall–Kier alpha value is -3.65. The van der Waals surface area contributed by atoms with Crippen molar-refractivity contribution >= 4 is 29.3 Å². The number of carboxylic acid groups (broad SMARTS) is 1. The molecule has 2 atom stereocenters. The van der Waals surface area contributed by atoms with Gasteiger partial charge in [0, 0.05) is 10.8 Å². The quantitative estimate of drug-likeness (QED) is 0.435. The average Bonchev–Trinajstić information content (AvgIpc) is 3.47. The molecule has 0 bridgehead atoms. The van der Waals surface area contributed by atoms with Gasteiger partial charge in [0.25, 0.3) is 0 Å². The summed E-state index contributed by atoms with van der Waals surface area (Å²) in [5.41, 5.74) is 2.97. The van der Waals surface area contributed by atoms with E-state index in [-0.39, 0.29) is 18.9 Å². The van der Waals surface area contributed by atoms with Gasteiger partial charge in [0.05, 0.1) is 0 Å². The Balaban J connectivity index is 1.48. The Morgan fingerprint density at radius 3 is 2.18 bits per heavy atom. The lowest BCUT2D eigenvalue weighted by Crippen LogP contribution is -2.55. The van der Waals surface area contributed by atoms with E-state index in [0.717, 1.165) is 22.3 Å². The molecule has 3 N–H and O–H groups in total. The van der Waals surface area contributed by atoms with Crippen molar-refractivity contribution in [3.05, 3.63) is 82.0 Å². The van der Waals surface area contributed by atoms with Gasteiger partial charge >= 0.3 is 12.1 Å². The van der Waals surface area contributed by atoms with Crippen LogP contribution in [0.4, 0.5) is 4.79 Å². The van der Waals surface area contributed by atoms with Gasteiger partial charge in [-0.15, -0.1) is 11.3 Å². The number of hydrogen-bond donors (Lipinski definition) is 3. The molecule has 2 unspecified atom stereocenters. The van der Waals surface area contributed by atoms with Gasteiger partial charge in [-0.1, -0.05) is 61.5 Å². The van der Waals surface area contributed by atoms with E-state index in [4.69, 9.17) is 4.74 Å². The van der Waals surface area contributed by atoms with E-state index in [1.807, 2.05) is 36.4 Å². The molecule has 0 saturated carbocycles. The van der Waals surface area contributed by atoms with Gasteiger partial charge in [0.15, 0.2) is 0 Å². The van der Waals surface area contributed by atoms with E-state index >= 15 is 0 Å². The highest BCUT2D eigenvalue weighted by Crippen LogP contribution is 2.44. The van der Waals surface area contributed by atoms with Crippen molar-refractivity contribution in [3.63, 3.8) is 0 Å². The molecule has 3 aromatic rings. The van der Waals surface area contributed by atoms with Crippen molar-refractivity contribution in [1.29, 1.82) is 0 Å². The van der Waals surface area contributed by atoms with Crippen molar-refractivity contribution in [1.82, 2.24) is 10.6 Å². The van der Waals surface area contributed by atoms with Crippen LogP contribution >= 0.6 is 11.3 Å². The number of carboxylic acids is 1. The van der Waals surface area contributed by atoms with Crippen LogP contribution in [0.5, 0.6) is 0 Å². The van der Waals surface area contributed by atoms with E-state index in [2.05, 4.69) is 22.8 Å². The van der Waals surface area contributed by atoms with Crippen molar-refractivity contribution in [2.75, 3.05) is 6.61 Å². The van der Waals surface area contributed by atoms with E-state index in [9.17, 15) is 19.5 Å². The minimum Gasteiger partial charge on any atom is -0.480 e. The summed E-state index contributed by atoms with van der Waals surface area (Å²) in [7, 11) is 0. The minimum atomic E-state index is -1.45. The van der Waals surface area contributed by atoms with Gasteiger partial charge in [-0.25, -0.2) is 9.59 Å². The lowest BCUT2D eigenvalue weighted by molar-refractivity contribution is -0.147. The summed E-state index contributed by atoms with van der Waals surface area (Å²) in [5.74, 6) is -1.86. The number of amides is 2. The summed E-state index contributed by atoms with van der Waals surface area (Å²) in [4.78, 5) is 38.0. The molecule has 2 amide bonds. The molecule has 8 heteroatoms. The number of thiophene rings is 1. The molecule has 1 aromatic heterocycles. The van der Waals surface area contributed by atoms with Crippen molar-refractivity contribution in [2.24, 2.45) is 0 Å². The number of nitrogens with one attached hydrogen (secondary N) is 2. The van der Waals surface area contributed by atoms with Crippen LogP contribution in [0.3, 0.4) is 0 Å². The Kier molecular flexibility index (Phi) is 6.70. The lowest BCUT2D eigenvalue weighted by Gasteiger charge is -2.27. The molecule has 4 rings (SSSR count). The van der Waals surface area contributed by atoms with Gasteiger partial charge in [0.2, 0.25) is 5.91 Å². The number of ether oxygens (including phenoxy) is 1. The third-order valence-corrected chi connectivity index (χ3v) is 7.21. The molecular weight excluding hydrogens is 452 g/mol. The van der Waals surface area contributed by atoms with E-state index in [0.29, 0.717) is 4.88 Å². The summed E-state index contributed by atoms with van der Waals surface area (Å²) in [6.45, 7) is 3.22. The summed E-state index contributed by atoms with van der Waals surface area (Å²) in [5, 5.41) is 16.5. The number of rotatable bonds is 8. The molecule has 34 heavy (non-hydrogen) atoms. The molecule has 0 radical (unpaired) electrons. The number of alkyl carbamates (subject to hydrolysis) is 1. The fourth-order valence-corrected chi connectivity index (χ4v) is 4.89. The molecule has 176 valence electrons. The lowest BCUT2D eigenvalue weighted by atomic mass is 9.98. The van der Waals surface area contributed by atoms with E-state index < -0.39 is 29.6 Å². The summed E-state index contributed by atoms with van der Waals surface area (Å²) in [6, 6.07) is 18.5. The zero-order chi connectivity index (χ0) is 24.3. The van der Waals surface area contributed by atoms with Crippen molar-refractivity contribution in [2.45, 2.75) is 37.8 Å². The van der Waals surface area contributed by atoms with Gasteiger partial charge in [-0.05, 0) is 47.0 Å². The first-order chi connectivity index (χ1) is 16.3. The zero-order valence-electron chi connectivity index (χ0n) is 18.9. The van der Waals surface area contributed by atoms with Crippen LogP contribution in [-0.2, 0) is 14.3 Å². The number of carbonyl (C=O) groups excluding carboxylic acids is 2. The third kappa shape index (κ3) is 4.54. The average molecular weight is 479 g/mol. The first-order valence-corrected chi connectivity index (χ1v) is 11.9. The van der Waals surface area contributed by atoms with E-state index in [1.165, 1.54) is 18.3 Å². The highest BCUT2D eigenvalue weighted by atomic mass is 32.1. The Bertz CT molecular complexity index is 1160. The molecule has 0 aliphatic heterocycles. The molecular formula is C26H26N2O5S. The summed E-state index contributed by atoms with van der Waals surface area (Å²) in [6.07, 6.45) is -0.556. The predicted octanol–water partition coefficient (Wildman–Crippen LogP) is 4.70. The van der Waals surface area contributed by atoms with Crippen LogP contribution in [0.25, 0.3) is 11.1 Å². The molecule has 0 fully saturated rings. The first-order valence-electron chi connectivity index (χ1n) is 11.0. The van der Waals surface area contributed by atoms with Crippen LogP contribution in [0.2, 0.25) is 0 Å². The highest BCUT2D eigenvalue weighted by molar-refractivity contribution is 7.10. The maximum atomic E-state index is 13.0. The smallest absolute Gasteiger partial charge is 0.408 e. The van der Waals surface area contributed by atoms with Crippen LogP contribution in [0.15, 0.2) is 66.0 Å². The Labute approximate surface area is 201 Å². The monoisotopic (exact) mass is 478 g/mol. The number of aliphatic carboxylic acids is 1. The second-order valence-electron chi connectivity index (χ2n) is 8.40. The summed E-state index contributed by atoms with van der Waals surface area (Å²) < 4.78 is 5.58. The number of carbonyl (C=O) groups is 3. The molecule has 0 saturated heterocycles. The van der Waals surface area contributed by atoms with Crippen molar-refractivity contribution < 1.29 is 24.2 Å². The predicted molar refractivity (Wildman–Crippen MR) is 130 cm³/mol. The van der Waals surface area contributed by atoms with Crippen LogP contribution < -0.4 is 10.6 Å². The molecule has 2 aromatic carbocycles. The first kappa shape index (κ1) is 23.5. The zero-order valence-corrected chi connectivity index (χ0v) is 19.7. The highest BCUT2D eigenvalue weighted by Gasteiger charge is 2.36. The Morgan fingerprint density at radius 1 is 1.03 bits per heavy atom. The molecule has 1 aliphatic carbocycles. The van der Waals surface area contributed by atoms with Crippen LogP contribution in [0, 0.1) is 0 Å². The van der Waals surface area contributed by atoms with Gasteiger partial charge in [-0.3, -0.25) is 4.79 Å². The minimum absolute atomic E-state index is 0.109. The fraction of sp³-hybridized carbons (Fsp3) is 0.269. The molecule has 1 heterocycles. The number of fused-ring (bicyclic) bond motifs is 3. The van der Waals surface area contributed by atoms with Crippen molar-refractivity contribution in [3.8, 4) is 11.1 Å². The standard InChI is InChI=1S/C26H26N2O5S/c1-3-26(2,24(30)31)28-23(29)22(21-13-8-14-34-21)27-25(32)33-15-20-18-11-6-4-9-16(18)17-10-5-7-12-19(17)20/h4-14,20,22H,3,15H2,1-2H3,(H,27,32)(H,28,29)(H,30,31). The fourth-order valence-electron chi connectivity index (χ4n) is 4.12. The van der Waals surface area contributed by atoms with Gasteiger partial charge in [0.1, 0.15) is 18.2 Å². The second-order valence-corrected chi connectivity index (χ2v) is 9.38.